The molecule has 3 rings (SSSR count). The van der Waals surface area contributed by atoms with E-state index in [0.717, 1.165) is 0 Å². The van der Waals surface area contributed by atoms with Gasteiger partial charge in [0.1, 0.15) is 5.84 Å². The zero-order valence-corrected chi connectivity index (χ0v) is 20.4. The molecule has 0 aliphatic carbocycles. The van der Waals surface area contributed by atoms with Crippen molar-refractivity contribution >= 4 is 55.6 Å². The number of nitrogens with two attached hydrogens (primary N) is 2. The van der Waals surface area contributed by atoms with Crippen LogP contribution in [0.1, 0.15) is 18.1 Å². The highest BCUT2D eigenvalue weighted by atomic mass is 127. The van der Waals surface area contributed by atoms with E-state index >= 15 is 0 Å². The Balaban J connectivity index is 1.89. The van der Waals surface area contributed by atoms with Crippen LogP contribution in [0.15, 0.2) is 77.5 Å². The van der Waals surface area contributed by atoms with Crippen LogP contribution in [0.4, 0.5) is 10.1 Å². The van der Waals surface area contributed by atoms with Crippen molar-refractivity contribution in [1.82, 2.24) is 0 Å². The number of nitrogen functional groups attached to an aromatic ring is 1. The van der Waals surface area contributed by atoms with E-state index in [4.69, 9.17) is 16.3 Å². The summed E-state index contributed by atoms with van der Waals surface area (Å²) in [5.74, 6) is -2.07. The lowest BCUT2D eigenvalue weighted by Crippen LogP contribution is -2.15. The average Bonchev–Trinajstić information content (AvgIpc) is 2.78. The van der Waals surface area contributed by atoms with Gasteiger partial charge in [0.15, 0.2) is 5.83 Å². The third-order valence-corrected chi connectivity index (χ3v) is 6.72. The molecule has 0 saturated heterocycles. The molecule has 10 heteroatoms. The molecule has 3 aromatic rings. The molecule has 0 spiro atoms. The zero-order valence-electron chi connectivity index (χ0n) is 17.4. The van der Waals surface area contributed by atoms with Crippen LogP contribution in [-0.2, 0) is 14.8 Å². The summed E-state index contributed by atoms with van der Waals surface area (Å²) in [6, 6.07) is 17.6. The van der Waals surface area contributed by atoms with Crippen LogP contribution in [0.2, 0.25) is 0 Å². The first-order chi connectivity index (χ1) is 15.5. The monoisotopic (exact) mass is 578 g/mol. The molecule has 1 amide bonds. The number of halogens is 2. The largest absolute Gasteiger partial charge is 0.384 e. The van der Waals surface area contributed by atoms with Gasteiger partial charge in [0.25, 0.3) is 5.91 Å². The van der Waals surface area contributed by atoms with Gasteiger partial charge in [-0.15, -0.1) is 0 Å². The molecule has 3 aromatic carbocycles. The quantitative estimate of drug-likeness (QED) is 0.151. The Morgan fingerprint density at radius 1 is 1.03 bits per heavy atom. The van der Waals surface area contributed by atoms with Crippen LogP contribution in [-0.4, -0.2) is 20.2 Å². The Morgan fingerprint density at radius 3 is 2.33 bits per heavy atom. The fourth-order valence-electron chi connectivity index (χ4n) is 3.13. The molecule has 0 aliphatic heterocycles. The fraction of sp³-hybridized carbons (Fsp3) is 0.0435. The number of nitrogens with one attached hydrogen (secondary N) is 2. The molecule has 6 N–H and O–H groups in total. The maximum absolute atomic E-state index is 14.9. The van der Waals surface area contributed by atoms with Crippen LogP contribution < -0.4 is 16.2 Å². The number of carbonyl (C=O) groups excluding carboxylic acids is 1. The van der Waals surface area contributed by atoms with Gasteiger partial charge in [-0.2, -0.15) is 0 Å². The molecule has 0 bridgehead atoms. The fourth-order valence-corrected chi connectivity index (χ4v) is 4.54. The lowest BCUT2D eigenvalue weighted by atomic mass is 10.0. The molecule has 7 nitrogen and oxygen atoms in total. The van der Waals surface area contributed by atoms with E-state index in [1.54, 1.807) is 54.6 Å². The summed E-state index contributed by atoms with van der Waals surface area (Å²) in [4.78, 5) is 12.5. The number of allylic oxidation sites excluding steroid dienone is 1. The van der Waals surface area contributed by atoms with Crippen molar-refractivity contribution in [1.29, 1.82) is 5.41 Å². The number of carbonyl (C=O) groups is 1. The van der Waals surface area contributed by atoms with Gasteiger partial charge in [-0.05, 0) is 70.5 Å². The second-order valence-corrected chi connectivity index (χ2v) is 9.82. The number of rotatable bonds is 6. The molecule has 0 aliphatic rings. The predicted molar refractivity (Wildman–Crippen MR) is 136 cm³/mol. The summed E-state index contributed by atoms with van der Waals surface area (Å²) in [6.07, 6.45) is 0. The highest BCUT2D eigenvalue weighted by molar-refractivity contribution is 14.1. The third kappa shape index (κ3) is 5.64. The molecule has 0 fully saturated rings. The van der Waals surface area contributed by atoms with Gasteiger partial charge in [0.05, 0.1) is 10.6 Å². The molecular weight excluding hydrogens is 558 g/mol. The van der Waals surface area contributed by atoms with Gasteiger partial charge >= 0.3 is 0 Å². The summed E-state index contributed by atoms with van der Waals surface area (Å²) < 4.78 is 39.2. The highest BCUT2D eigenvalue weighted by Gasteiger charge is 2.18. The van der Waals surface area contributed by atoms with Crippen LogP contribution in [0.3, 0.4) is 0 Å². The zero-order chi connectivity index (χ0) is 24.3. The summed E-state index contributed by atoms with van der Waals surface area (Å²) >= 11 is 1.97. The van der Waals surface area contributed by atoms with Crippen molar-refractivity contribution in [3.05, 3.63) is 87.3 Å². The van der Waals surface area contributed by atoms with Gasteiger partial charge in [-0.3, -0.25) is 10.2 Å². The first-order valence-corrected chi connectivity index (χ1v) is 12.2. The van der Waals surface area contributed by atoms with Crippen LogP contribution in [0, 0.1) is 8.98 Å². The van der Waals surface area contributed by atoms with Crippen molar-refractivity contribution in [3.8, 4) is 11.1 Å². The Kier molecular flexibility index (Phi) is 7.30. The molecule has 170 valence electrons. The highest BCUT2D eigenvalue weighted by Crippen LogP contribution is 2.31. The normalized spacial score (nSPS) is 12.1. The van der Waals surface area contributed by atoms with Crippen molar-refractivity contribution in [3.63, 3.8) is 0 Å². The second-order valence-electron chi connectivity index (χ2n) is 7.12. The maximum atomic E-state index is 14.9. The second kappa shape index (κ2) is 9.81. The molecule has 0 saturated carbocycles. The summed E-state index contributed by atoms with van der Waals surface area (Å²) in [5, 5.41) is 15.4. The van der Waals surface area contributed by atoms with Crippen LogP contribution in [0.25, 0.3) is 16.7 Å². The van der Waals surface area contributed by atoms with E-state index in [1.165, 1.54) is 19.1 Å². The number of sulfonamides is 1. The number of benzene rings is 3. The molecule has 0 unspecified atom stereocenters. The lowest BCUT2D eigenvalue weighted by molar-refractivity contribution is -0.114. The van der Waals surface area contributed by atoms with E-state index in [-0.39, 0.29) is 16.3 Å². The van der Waals surface area contributed by atoms with Gasteiger partial charge < -0.3 is 11.1 Å². The predicted octanol–water partition coefficient (Wildman–Crippen LogP) is 4.23. The van der Waals surface area contributed by atoms with Gasteiger partial charge in [0, 0.05) is 14.7 Å². The third-order valence-electron chi connectivity index (χ3n) is 4.86. The lowest BCUT2D eigenvalue weighted by Gasteiger charge is -2.12. The minimum atomic E-state index is -3.93. The Bertz CT molecular complexity index is 1400. The van der Waals surface area contributed by atoms with Crippen LogP contribution in [0.5, 0.6) is 0 Å². The summed E-state index contributed by atoms with van der Waals surface area (Å²) in [5.41, 5.74) is 7.79. The Hall–Kier alpha value is -3.09. The molecule has 0 aromatic heterocycles. The van der Waals surface area contributed by atoms with Gasteiger partial charge in [0.2, 0.25) is 10.0 Å². The molecule has 33 heavy (non-hydrogen) atoms. The molecule has 0 heterocycles. The minimum Gasteiger partial charge on any atom is -0.384 e. The smallest absolute Gasteiger partial charge is 0.284 e. The Labute approximate surface area is 204 Å². The van der Waals surface area contributed by atoms with Gasteiger partial charge in [-0.25, -0.2) is 17.9 Å². The van der Waals surface area contributed by atoms with Crippen molar-refractivity contribution in [2.75, 3.05) is 5.32 Å². The average molecular weight is 578 g/mol. The number of amidine groups is 1. The van der Waals surface area contributed by atoms with Gasteiger partial charge in [-0.1, -0.05) is 42.5 Å². The topological polar surface area (TPSA) is 139 Å². The van der Waals surface area contributed by atoms with E-state index in [2.05, 4.69) is 5.32 Å². The molecule has 0 atom stereocenters. The van der Waals surface area contributed by atoms with E-state index in [1.807, 2.05) is 22.6 Å². The summed E-state index contributed by atoms with van der Waals surface area (Å²) in [7, 11) is -3.93. The number of anilines is 1. The first-order valence-electron chi connectivity index (χ1n) is 9.53. The van der Waals surface area contributed by atoms with E-state index in [0.29, 0.717) is 31.5 Å². The number of amides is 1. The Morgan fingerprint density at radius 2 is 1.70 bits per heavy atom. The summed E-state index contributed by atoms with van der Waals surface area (Å²) in [6.45, 7) is 1.46. The van der Waals surface area contributed by atoms with Crippen molar-refractivity contribution in [2.24, 2.45) is 10.9 Å². The number of hydrogen-bond acceptors (Lipinski definition) is 4. The minimum absolute atomic E-state index is 0.0185. The SMILES string of the molecule is C/C(=C(\F)C(=O)Nc1ccc(-c2ccccc2S(N)(=O)=O)cc1I)c1cccc(C(=N)N)c1. The number of hydrogen-bond donors (Lipinski definition) is 4. The van der Waals surface area contributed by atoms with Crippen molar-refractivity contribution in [2.45, 2.75) is 11.8 Å². The maximum Gasteiger partial charge on any atom is 0.284 e. The van der Waals surface area contributed by atoms with Crippen molar-refractivity contribution < 1.29 is 17.6 Å². The van der Waals surface area contributed by atoms with E-state index < -0.39 is 21.8 Å². The standard InChI is InChI=1S/C23H20FIN4O3S/c1-13(14-5-4-6-16(11-14)22(26)27)21(24)23(30)29-19-10-9-15(12-18(19)25)17-7-2-3-8-20(17)33(28,31)32/h2-12H,1H3,(H3,26,27)(H,29,30)(H2,28,31,32)/b21-13+. The first kappa shape index (κ1) is 24.6. The van der Waals surface area contributed by atoms with Crippen LogP contribution >= 0.6 is 22.6 Å². The molecule has 0 radical (unpaired) electrons. The molecular formula is C23H20FIN4O3S. The number of primary sulfonamides is 1. The van der Waals surface area contributed by atoms with E-state index in [9.17, 15) is 17.6 Å².